The lowest BCUT2D eigenvalue weighted by Gasteiger charge is -2.35. The van der Waals surface area contributed by atoms with Gasteiger partial charge < -0.3 is 10.0 Å². The van der Waals surface area contributed by atoms with Gasteiger partial charge in [0.25, 0.3) is 0 Å². The van der Waals surface area contributed by atoms with Crippen molar-refractivity contribution in [1.29, 1.82) is 0 Å². The SMILES string of the molecule is CC(C)N(/C(=C/C(=O)O)c1ccccc1)C(C)C. The van der Waals surface area contributed by atoms with Gasteiger partial charge in [-0.05, 0) is 33.3 Å². The molecule has 98 valence electrons. The molecule has 18 heavy (non-hydrogen) atoms. The Bertz CT molecular complexity index is 413. The van der Waals surface area contributed by atoms with Gasteiger partial charge in [0.1, 0.15) is 0 Å². The Morgan fingerprint density at radius 2 is 1.61 bits per heavy atom. The van der Waals surface area contributed by atoms with Gasteiger partial charge in [0.15, 0.2) is 0 Å². The lowest BCUT2D eigenvalue weighted by Crippen LogP contribution is -2.35. The van der Waals surface area contributed by atoms with Gasteiger partial charge >= 0.3 is 5.97 Å². The summed E-state index contributed by atoms with van der Waals surface area (Å²) in [7, 11) is 0. The average molecular weight is 247 g/mol. The van der Waals surface area contributed by atoms with E-state index in [-0.39, 0.29) is 12.1 Å². The summed E-state index contributed by atoms with van der Waals surface area (Å²) in [5.74, 6) is -0.917. The van der Waals surface area contributed by atoms with E-state index in [1.165, 1.54) is 6.08 Å². The molecule has 0 saturated carbocycles. The molecule has 0 aliphatic carbocycles. The number of carboxylic acid groups (broad SMARTS) is 1. The summed E-state index contributed by atoms with van der Waals surface area (Å²) in [6.45, 7) is 8.27. The van der Waals surface area contributed by atoms with E-state index in [1.807, 2.05) is 30.3 Å². The van der Waals surface area contributed by atoms with Crippen molar-refractivity contribution < 1.29 is 9.90 Å². The highest BCUT2D eigenvalue weighted by Crippen LogP contribution is 2.24. The Kier molecular flexibility index (Phi) is 4.95. The van der Waals surface area contributed by atoms with Gasteiger partial charge in [-0.25, -0.2) is 4.79 Å². The molecule has 3 nitrogen and oxygen atoms in total. The maximum atomic E-state index is 11.0. The summed E-state index contributed by atoms with van der Waals surface area (Å²) in [6, 6.07) is 10.1. The van der Waals surface area contributed by atoms with Gasteiger partial charge in [-0.15, -0.1) is 0 Å². The minimum Gasteiger partial charge on any atom is -0.478 e. The molecule has 3 heteroatoms. The molecule has 0 amide bonds. The molecular weight excluding hydrogens is 226 g/mol. The van der Waals surface area contributed by atoms with Crippen LogP contribution in [0.2, 0.25) is 0 Å². The van der Waals surface area contributed by atoms with Gasteiger partial charge in [0.2, 0.25) is 0 Å². The monoisotopic (exact) mass is 247 g/mol. The number of aliphatic carboxylic acids is 1. The second kappa shape index (κ2) is 6.24. The lowest BCUT2D eigenvalue weighted by molar-refractivity contribution is -0.131. The molecule has 0 radical (unpaired) electrons. The number of rotatable bonds is 5. The predicted molar refractivity (Wildman–Crippen MR) is 74.2 cm³/mol. The van der Waals surface area contributed by atoms with Gasteiger partial charge in [0, 0.05) is 18.2 Å². The molecule has 1 aromatic carbocycles. The standard InChI is InChI=1S/C15H21NO2/c1-11(2)16(12(3)4)14(10-15(17)18)13-8-6-5-7-9-13/h5-12H,1-4H3,(H,17,18)/b14-10+. The Morgan fingerprint density at radius 3 is 2.00 bits per heavy atom. The van der Waals surface area contributed by atoms with Crippen LogP contribution in [0.3, 0.4) is 0 Å². The molecular formula is C15H21NO2. The quantitative estimate of drug-likeness (QED) is 0.812. The van der Waals surface area contributed by atoms with Crippen molar-refractivity contribution in [3.05, 3.63) is 42.0 Å². The van der Waals surface area contributed by atoms with E-state index >= 15 is 0 Å². The third kappa shape index (κ3) is 3.62. The van der Waals surface area contributed by atoms with E-state index < -0.39 is 5.97 Å². The van der Waals surface area contributed by atoms with Crippen LogP contribution in [-0.4, -0.2) is 28.1 Å². The van der Waals surface area contributed by atoms with E-state index in [1.54, 1.807) is 0 Å². The molecule has 0 atom stereocenters. The molecule has 0 heterocycles. The van der Waals surface area contributed by atoms with Crippen molar-refractivity contribution in [2.45, 2.75) is 39.8 Å². The summed E-state index contributed by atoms with van der Waals surface area (Å²) < 4.78 is 0. The van der Waals surface area contributed by atoms with E-state index in [9.17, 15) is 4.79 Å². The minimum atomic E-state index is -0.917. The van der Waals surface area contributed by atoms with Crippen molar-refractivity contribution in [3.8, 4) is 0 Å². The van der Waals surface area contributed by atoms with Crippen LogP contribution in [0.4, 0.5) is 0 Å². The van der Waals surface area contributed by atoms with Crippen molar-refractivity contribution in [2.75, 3.05) is 0 Å². The largest absolute Gasteiger partial charge is 0.478 e. The Labute approximate surface area is 109 Å². The van der Waals surface area contributed by atoms with Crippen molar-refractivity contribution >= 4 is 11.7 Å². The molecule has 1 aromatic rings. The fourth-order valence-corrected chi connectivity index (χ4v) is 2.19. The molecule has 0 aromatic heterocycles. The van der Waals surface area contributed by atoms with Crippen LogP contribution in [0.1, 0.15) is 33.3 Å². The number of nitrogens with zero attached hydrogens (tertiary/aromatic N) is 1. The Hall–Kier alpha value is -1.77. The van der Waals surface area contributed by atoms with Gasteiger partial charge in [-0.3, -0.25) is 0 Å². The lowest BCUT2D eigenvalue weighted by atomic mass is 10.1. The fraction of sp³-hybridized carbons (Fsp3) is 0.400. The Morgan fingerprint density at radius 1 is 1.11 bits per heavy atom. The minimum absolute atomic E-state index is 0.246. The van der Waals surface area contributed by atoms with Crippen LogP contribution in [-0.2, 0) is 4.79 Å². The van der Waals surface area contributed by atoms with E-state index in [0.717, 1.165) is 11.3 Å². The maximum Gasteiger partial charge on any atom is 0.330 e. The number of hydrogen-bond donors (Lipinski definition) is 1. The van der Waals surface area contributed by atoms with Crippen LogP contribution in [0, 0.1) is 0 Å². The predicted octanol–water partition coefficient (Wildman–Crippen LogP) is 3.23. The van der Waals surface area contributed by atoms with Gasteiger partial charge in [-0.1, -0.05) is 30.3 Å². The zero-order valence-corrected chi connectivity index (χ0v) is 11.4. The Balaban J connectivity index is 3.25. The molecule has 0 bridgehead atoms. The highest BCUT2D eigenvalue weighted by Gasteiger charge is 2.19. The summed E-state index contributed by atoms with van der Waals surface area (Å²) in [6.07, 6.45) is 1.29. The second-order valence-electron chi connectivity index (χ2n) is 4.83. The van der Waals surface area contributed by atoms with Crippen LogP contribution < -0.4 is 0 Å². The average Bonchev–Trinajstić information content (AvgIpc) is 2.27. The van der Waals surface area contributed by atoms with Crippen LogP contribution in [0.25, 0.3) is 5.70 Å². The number of carbonyl (C=O) groups is 1. The summed E-state index contributed by atoms with van der Waals surface area (Å²) >= 11 is 0. The first kappa shape index (κ1) is 14.3. The first-order chi connectivity index (χ1) is 8.43. The molecule has 0 fully saturated rings. The normalized spacial score (nSPS) is 12.0. The molecule has 1 rings (SSSR count). The first-order valence-electron chi connectivity index (χ1n) is 6.22. The van der Waals surface area contributed by atoms with Crippen LogP contribution >= 0.6 is 0 Å². The van der Waals surface area contributed by atoms with E-state index in [2.05, 4.69) is 32.6 Å². The number of benzene rings is 1. The number of carboxylic acids is 1. The third-order valence-corrected chi connectivity index (χ3v) is 2.72. The summed E-state index contributed by atoms with van der Waals surface area (Å²) in [5.41, 5.74) is 1.69. The molecule has 0 unspecified atom stereocenters. The maximum absolute atomic E-state index is 11.0. The van der Waals surface area contributed by atoms with Crippen LogP contribution in [0.5, 0.6) is 0 Å². The third-order valence-electron chi connectivity index (χ3n) is 2.72. The molecule has 0 spiro atoms. The smallest absolute Gasteiger partial charge is 0.330 e. The van der Waals surface area contributed by atoms with Crippen molar-refractivity contribution in [3.63, 3.8) is 0 Å². The number of hydrogen-bond acceptors (Lipinski definition) is 2. The zero-order chi connectivity index (χ0) is 13.7. The zero-order valence-electron chi connectivity index (χ0n) is 11.4. The van der Waals surface area contributed by atoms with Crippen molar-refractivity contribution in [1.82, 2.24) is 4.90 Å². The van der Waals surface area contributed by atoms with E-state index in [0.29, 0.717) is 0 Å². The summed E-state index contributed by atoms with van der Waals surface area (Å²) in [4.78, 5) is 13.1. The fourth-order valence-electron chi connectivity index (χ4n) is 2.19. The molecule has 0 aliphatic heterocycles. The van der Waals surface area contributed by atoms with Crippen LogP contribution in [0.15, 0.2) is 36.4 Å². The topological polar surface area (TPSA) is 40.5 Å². The van der Waals surface area contributed by atoms with E-state index in [4.69, 9.17) is 5.11 Å². The van der Waals surface area contributed by atoms with Gasteiger partial charge in [-0.2, -0.15) is 0 Å². The highest BCUT2D eigenvalue weighted by atomic mass is 16.4. The first-order valence-corrected chi connectivity index (χ1v) is 6.22. The summed E-state index contributed by atoms with van der Waals surface area (Å²) in [5, 5.41) is 9.05. The molecule has 0 saturated heterocycles. The molecule has 0 aliphatic rings. The highest BCUT2D eigenvalue weighted by molar-refractivity contribution is 5.89. The molecule has 1 N–H and O–H groups in total. The second-order valence-corrected chi connectivity index (χ2v) is 4.83. The van der Waals surface area contributed by atoms with Crippen molar-refractivity contribution in [2.24, 2.45) is 0 Å². The van der Waals surface area contributed by atoms with Gasteiger partial charge in [0.05, 0.1) is 5.70 Å².